The van der Waals surface area contributed by atoms with Crippen LogP contribution in [-0.2, 0) is 6.42 Å². The molecule has 1 heterocycles. The highest BCUT2D eigenvalue weighted by atomic mass is 79.9. The smallest absolute Gasteiger partial charge is 0.126 e. The Labute approximate surface area is 110 Å². The molecule has 0 radical (unpaired) electrons. The Morgan fingerprint density at radius 3 is 2.87 bits per heavy atom. The first-order valence-electron chi connectivity index (χ1n) is 4.82. The van der Waals surface area contributed by atoms with E-state index in [0.717, 1.165) is 28.0 Å². The molecule has 2 rings (SSSR count). The lowest BCUT2D eigenvalue weighted by Crippen LogP contribution is -2.15. The minimum atomic E-state index is -0.0881. The van der Waals surface area contributed by atoms with Gasteiger partial charge in [0.1, 0.15) is 5.82 Å². The van der Waals surface area contributed by atoms with Gasteiger partial charge in [0.15, 0.2) is 0 Å². The Morgan fingerprint density at radius 1 is 1.40 bits per heavy atom. The van der Waals surface area contributed by atoms with Crippen molar-refractivity contribution in [3.8, 4) is 0 Å². The summed E-state index contributed by atoms with van der Waals surface area (Å²) in [7, 11) is 0. The van der Waals surface area contributed by atoms with Crippen molar-refractivity contribution >= 4 is 43.6 Å². The molecule has 1 aromatic rings. The van der Waals surface area contributed by atoms with Gasteiger partial charge in [-0.25, -0.2) is 4.39 Å². The van der Waals surface area contributed by atoms with Crippen LogP contribution in [0.2, 0.25) is 0 Å². The van der Waals surface area contributed by atoms with Gasteiger partial charge in [0.2, 0.25) is 0 Å². The normalized spacial score (nSPS) is 25.8. The van der Waals surface area contributed by atoms with Gasteiger partial charge in [0.05, 0.1) is 0 Å². The van der Waals surface area contributed by atoms with Crippen LogP contribution in [0.1, 0.15) is 5.56 Å². The predicted molar refractivity (Wildman–Crippen MR) is 71.3 cm³/mol. The first kappa shape index (κ1) is 11.9. The van der Waals surface area contributed by atoms with Crippen LogP contribution in [0, 0.1) is 11.7 Å². The summed E-state index contributed by atoms with van der Waals surface area (Å²) in [4.78, 5) is 0.529. The lowest BCUT2D eigenvalue weighted by atomic mass is 9.98. The second kappa shape index (κ2) is 5.19. The van der Waals surface area contributed by atoms with Gasteiger partial charge < -0.3 is 0 Å². The topological polar surface area (TPSA) is 0 Å². The molecule has 1 saturated heterocycles. The molecule has 1 aliphatic heterocycles. The Bertz CT molecular complexity index is 356. The fourth-order valence-corrected chi connectivity index (χ4v) is 4.62. The van der Waals surface area contributed by atoms with Crippen LogP contribution in [0.3, 0.4) is 0 Å². The van der Waals surface area contributed by atoms with Crippen LogP contribution < -0.4 is 0 Å². The van der Waals surface area contributed by atoms with Crippen molar-refractivity contribution in [1.82, 2.24) is 0 Å². The Hall–Kier alpha value is 0.460. The van der Waals surface area contributed by atoms with Crippen LogP contribution >= 0.6 is 43.6 Å². The molecule has 0 bridgehead atoms. The van der Waals surface area contributed by atoms with Crippen LogP contribution in [0.15, 0.2) is 22.7 Å². The van der Waals surface area contributed by atoms with Gasteiger partial charge in [-0.05, 0) is 41.9 Å². The molecule has 15 heavy (non-hydrogen) atoms. The quantitative estimate of drug-likeness (QED) is 0.716. The van der Waals surface area contributed by atoms with Crippen molar-refractivity contribution in [3.05, 3.63) is 34.1 Å². The number of rotatable bonds is 2. The van der Waals surface area contributed by atoms with Crippen molar-refractivity contribution in [2.24, 2.45) is 5.92 Å². The summed E-state index contributed by atoms with van der Waals surface area (Å²) >= 11 is 8.97. The highest BCUT2D eigenvalue weighted by Crippen LogP contribution is 2.33. The monoisotopic (exact) mass is 352 g/mol. The maximum absolute atomic E-state index is 13.5. The second-order valence-electron chi connectivity index (χ2n) is 3.75. The average molecular weight is 354 g/mol. The van der Waals surface area contributed by atoms with Crippen LogP contribution in [0.4, 0.5) is 4.39 Å². The predicted octanol–water partition coefficient (Wildman–Crippen LogP) is 4.26. The molecule has 0 N–H and O–H groups in total. The summed E-state index contributed by atoms with van der Waals surface area (Å²) in [5, 5.41) is 0. The standard InChI is InChI=1S/C11H11Br2FS/c12-9-1-2-11(14)7(4-9)3-8-5-15-6-10(8)13/h1-2,4,8,10H,3,5-6H2. The summed E-state index contributed by atoms with van der Waals surface area (Å²) in [5.41, 5.74) is 0.821. The Balaban J connectivity index is 2.12. The van der Waals surface area contributed by atoms with Gasteiger partial charge in [-0.3, -0.25) is 0 Å². The largest absolute Gasteiger partial charge is 0.207 e. The molecule has 0 spiro atoms. The zero-order valence-electron chi connectivity index (χ0n) is 8.05. The van der Waals surface area contributed by atoms with E-state index in [-0.39, 0.29) is 5.82 Å². The van der Waals surface area contributed by atoms with Gasteiger partial charge in [0, 0.05) is 15.1 Å². The number of hydrogen-bond acceptors (Lipinski definition) is 1. The van der Waals surface area contributed by atoms with Crippen molar-refractivity contribution < 1.29 is 4.39 Å². The summed E-state index contributed by atoms with van der Waals surface area (Å²) in [6.45, 7) is 0. The zero-order valence-corrected chi connectivity index (χ0v) is 12.0. The molecule has 1 fully saturated rings. The van der Waals surface area contributed by atoms with Crippen LogP contribution in [0.5, 0.6) is 0 Å². The van der Waals surface area contributed by atoms with Gasteiger partial charge in [-0.2, -0.15) is 11.8 Å². The van der Waals surface area contributed by atoms with E-state index in [9.17, 15) is 4.39 Å². The molecule has 1 aliphatic rings. The Kier molecular flexibility index (Phi) is 4.13. The minimum Gasteiger partial charge on any atom is -0.207 e. The molecule has 4 heteroatoms. The third-order valence-electron chi connectivity index (χ3n) is 2.61. The number of thioether (sulfide) groups is 1. The Morgan fingerprint density at radius 2 is 2.20 bits per heavy atom. The maximum Gasteiger partial charge on any atom is 0.126 e. The van der Waals surface area contributed by atoms with E-state index in [1.165, 1.54) is 6.07 Å². The van der Waals surface area contributed by atoms with Crippen LogP contribution in [-0.4, -0.2) is 16.3 Å². The lowest BCUT2D eigenvalue weighted by Gasteiger charge is -2.13. The van der Waals surface area contributed by atoms with Crippen molar-refractivity contribution in [2.75, 3.05) is 11.5 Å². The summed E-state index contributed by atoms with van der Waals surface area (Å²) in [6, 6.07) is 5.16. The maximum atomic E-state index is 13.5. The highest BCUT2D eigenvalue weighted by Gasteiger charge is 2.26. The zero-order chi connectivity index (χ0) is 10.8. The van der Waals surface area contributed by atoms with E-state index >= 15 is 0 Å². The molecule has 1 aromatic carbocycles. The fraction of sp³-hybridized carbons (Fsp3) is 0.455. The van der Waals surface area contributed by atoms with Crippen molar-refractivity contribution in [3.63, 3.8) is 0 Å². The van der Waals surface area contributed by atoms with Crippen LogP contribution in [0.25, 0.3) is 0 Å². The SMILES string of the molecule is Fc1ccc(Br)cc1CC1CSCC1Br. The van der Waals surface area contributed by atoms with E-state index in [4.69, 9.17) is 0 Å². The summed E-state index contributed by atoms with van der Waals surface area (Å²) < 4.78 is 14.5. The molecule has 0 aliphatic carbocycles. The van der Waals surface area contributed by atoms with E-state index in [1.807, 2.05) is 17.8 Å². The summed E-state index contributed by atoms with van der Waals surface area (Å²) in [6.07, 6.45) is 0.828. The van der Waals surface area contributed by atoms with E-state index < -0.39 is 0 Å². The second-order valence-corrected chi connectivity index (χ2v) is 6.92. The van der Waals surface area contributed by atoms with Gasteiger partial charge >= 0.3 is 0 Å². The number of hydrogen-bond donors (Lipinski definition) is 0. The third-order valence-corrected chi connectivity index (χ3v) is 5.86. The molecule has 0 aromatic heterocycles. The first-order chi connectivity index (χ1) is 7.16. The van der Waals surface area contributed by atoms with Gasteiger partial charge in [-0.1, -0.05) is 31.9 Å². The molecule has 0 nitrogen and oxygen atoms in total. The van der Waals surface area contributed by atoms with Crippen molar-refractivity contribution in [2.45, 2.75) is 11.2 Å². The fourth-order valence-electron chi connectivity index (χ4n) is 1.74. The minimum absolute atomic E-state index is 0.0881. The molecular weight excluding hydrogens is 343 g/mol. The van der Waals surface area contributed by atoms with E-state index in [0.29, 0.717) is 10.7 Å². The average Bonchev–Trinajstić information content (AvgIpc) is 2.58. The molecule has 2 atom stereocenters. The van der Waals surface area contributed by atoms with E-state index in [1.54, 1.807) is 6.07 Å². The first-order valence-corrected chi connectivity index (χ1v) is 7.69. The highest BCUT2D eigenvalue weighted by molar-refractivity contribution is 9.10. The number of benzene rings is 1. The number of alkyl halides is 1. The molecule has 82 valence electrons. The van der Waals surface area contributed by atoms with Gasteiger partial charge in [-0.15, -0.1) is 0 Å². The number of halogens is 3. The molecule has 2 unspecified atom stereocenters. The lowest BCUT2D eigenvalue weighted by molar-refractivity contribution is 0.563. The van der Waals surface area contributed by atoms with Gasteiger partial charge in [0.25, 0.3) is 0 Å². The third kappa shape index (κ3) is 2.98. The summed E-state index contributed by atoms with van der Waals surface area (Å²) in [5.74, 6) is 2.73. The molecular formula is C11H11Br2FS. The molecule has 0 amide bonds. The van der Waals surface area contributed by atoms with E-state index in [2.05, 4.69) is 31.9 Å². The molecule has 0 saturated carbocycles. The van der Waals surface area contributed by atoms with Crippen molar-refractivity contribution in [1.29, 1.82) is 0 Å².